The van der Waals surface area contributed by atoms with Crippen molar-refractivity contribution in [2.45, 2.75) is 6.92 Å². The van der Waals surface area contributed by atoms with E-state index >= 15 is 0 Å². The topological polar surface area (TPSA) is 77.6 Å². The van der Waals surface area contributed by atoms with Crippen LogP contribution in [0.2, 0.25) is 0 Å². The van der Waals surface area contributed by atoms with Gasteiger partial charge in [-0.05, 0) is 19.1 Å². The highest BCUT2D eigenvalue weighted by atomic mass is 15.0. The maximum Gasteiger partial charge on any atom is 0.180 e. The van der Waals surface area contributed by atoms with E-state index in [-0.39, 0.29) is 0 Å². The lowest BCUT2D eigenvalue weighted by atomic mass is 10.3. The Balaban J connectivity index is 2.49. The summed E-state index contributed by atoms with van der Waals surface area (Å²) in [5.41, 5.74) is 6.22. The van der Waals surface area contributed by atoms with Crippen LogP contribution in [0.15, 0.2) is 24.5 Å². The van der Waals surface area contributed by atoms with Gasteiger partial charge < -0.3 is 5.73 Å². The Kier molecular flexibility index (Phi) is 2.06. The van der Waals surface area contributed by atoms with Gasteiger partial charge in [-0.1, -0.05) is 0 Å². The predicted molar refractivity (Wildman–Crippen MR) is 52.2 cm³/mol. The Hall–Kier alpha value is -2.04. The van der Waals surface area contributed by atoms with E-state index in [9.17, 15) is 0 Å². The van der Waals surface area contributed by atoms with Crippen molar-refractivity contribution in [3.8, 4) is 11.5 Å². The molecule has 0 aliphatic rings. The Bertz CT molecular complexity index is 411. The summed E-state index contributed by atoms with van der Waals surface area (Å²) < 4.78 is 0. The van der Waals surface area contributed by atoms with Crippen molar-refractivity contribution in [3.63, 3.8) is 0 Å². The molecule has 2 heterocycles. The van der Waals surface area contributed by atoms with Crippen LogP contribution < -0.4 is 5.73 Å². The molecule has 0 spiro atoms. The standard InChI is InChI=1S/C9H9N5/c1-6-11-4-2-7(13-6)9-12-5-3-8(10)14-9/h2-5H,1H3,(H2,10,12,14). The van der Waals surface area contributed by atoms with Gasteiger partial charge in [-0.15, -0.1) is 0 Å². The maximum absolute atomic E-state index is 5.54. The summed E-state index contributed by atoms with van der Waals surface area (Å²) in [7, 11) is 0. The molecular formula is C9H9N5. The van der Waals surface area contributed by atoms with E-state index in [1.54, 1.807) is 24.5 Å². The molecule has 0 radical (unpaired) electrons. The molecule has 0 bridgehead atoms. The summed E-state index contributed by atoms with van der Waals surface area (Å²) >= 11 is 0. The average molecular weight is 187 g/mol. The Morgan fingerprint density at radius 1 is 1.07 bits per heavy atom. The first-order valence-corrected chi connectivity index (χ1v) is 4.14. The fraction of sp³-hybridized carbons (Fsp3) is 0.111. The van der Waals surface area contributed by atoms with Crippen molar-refractivity contribution in [2.24, 2.45) is 0 Å². The van der Waals surface area contributed by atoms with Gasteiger partial charge in [0.1, 0.15) is 17.3 Å². The van der Waals surface area contributed by atoms with Crippen LogP contribution in [0, 0.1) is 6.92 Å². The molecule has 0 aliphatic heterocycles. The van der Waals surface area contributed by atoms with Gasteiger partial charge in [-0.3, -0.25) is 0 Å². The van der Waals surface area contributed by atoms with E-state index in [4.69, 9.17) is 5.73 Å². The van der Waals surface area contributed by atoms with Gasteiger partial charge in [0.2, 0.25) is 0 Å². The molecule has 0 amide bonds. The minimum Gasteiger partial charge on any atom is -0.384 e. The third-order valence-corrected chi connectivity index (χ3v) is 1.68. The van der Waals surface area contributed by atoms with Gasteiger partial charge in [0.25, 0.3) is 0 Å². The number of nitrogens with two attached hydrogens (primary N) is 1. The number of rotatable bonds is 1. The van der Waals surface area contributed by atoms with Crippen LogP contribution in [-0.2, 0) is 0 Å². The summed E-state index contributed by atoms with van der Waals surface area (Å²) in [5.74, 6) is 1.65. The molecule has 2 aromatic rings. The summed E-state index contributed by atoms with van der Waals surface area (Å²) in [6, 6.07) is 3.39. The molecule has 14 heavy (non-hydrogen) atoms. The first kappa shape index (κ1) is 8.55. The van der Waals surface area contributed by atoms with Crippen molar-refractivity contribution in [1.82, 2.24) is 19.9 Å². The average Bonchev–Trinajstić information content (AvgIpc) is 2.18. The van der Waals surface area contributed by atoms with E-state index in [2.05, 4.69) is 19.9 Å². The first-order valence-electron chi connectivity index (χ1n) is 4.14. The van der Waals surface area contributed by atoms with Crippen LogP contribution >= 0.6 is 0 Å². The van der Waals surface area contributed by atoms with Crippen molar-refractivity contribution >= 4 is 5.82 Å². The molecule has 0 saturated carbocycles. The second-order valence-corrected chi connectivity index (χ2v) is 2.79. The van der Waals surface area contributed by atoms with E-state index in [1.165, 1.54) is 0 Å². The Morgan fingerprint density at radius 3 is 2.57 bits per heavy atom. The van der Waals surface area contributed by atoms with Gasteiger partial charge in [0.05, 0.1) is 0 Å². The van der Waals surface area contributed by atoms with Crippen LogP contribution in [-0.4, -0.2) is 19.9 Å². The largest absolute Gasteiger partial charge is 0.384 e. The van der Waals surface area contributed by atoms with E-state index < -0.39 is 0 Å². The van der Waals surface area contributed by atoms with Gasteiger partial charge in [-0.25, -0.2) is 19.9 Å². The monoisotopic (exact) mass is 187 g/mol. The minimum atomic E-state index is 0.436. The first-order chi connectivity index (χ1) is 6.75. The number of nitrogens with zero attached hydrogens (tertiary/aromatic N) is 4. The third kappa shape index (κ3) is 1.66. The summed E-state index contributed by atoms with van der Waals surface area (Å²) in [5, 5.41) is 0. The Labute approximate surface area is 81.1 Å². The third-order valence-electron chi connectivity index (χ3n) is 1.68. The highest BCUT2D eigenvalue weighted by Crippen LogP contribution is 2.11. The predicted octanol–water partition coefficient (Wildman–Crippen LogP) is 0.824. The van der Waals surface area contributed by atoms with Gasteiger partial charge in [0, 0.05) is 12.4 Å². The Morgan fingerprint density at radius 2 is 1.86 bits per heavy atom. The second-order valence-electron chi connectivity index (χ2n) is 2.79. The number of anilines is 1. The summed E-state index contributed by atoms with van der Waals surface area (Å²) in [4.78, 5) is 16.3. The molecule has 0 aliphatic carbocycles. The number of aryl methyl sites for hydroxylation is 1. The van der Waals surface area contributed by atoms with E-state index in [0.29, 0.717) is 23.2 Å². The van der Waals surface area contributed by atoms with Crippen molar-refractivity contribution in [2.75, 3.05) is 5.73 Å². The molecule has 0 saturated heterocycles. The van der Waals surface area contributed by atoms with Crippen LogP contribution in [0.25, 0.3) is 11.5 Å². The summed E-state index contributed by atoms with van der Waals surface area (Å²) in [6.45, 7) is 1.82. The zero-order valence-corrected chi connectivity index (χ0v) is 7.68. The van der Waals surface area contributed by atoms with E-state index in [0.717, 1.165) is 0 Å². The molecular weight excluding hydrogens is 178 g/mol. The summed E-state index contributed by atoms with van der Waals surface area (Å²) in [6.07, 6.45) is 3.28. The van der Waals surface area contributed by atoms with Crippen LogP contribution in [0.5, 0.6) is 0 Å². The van der Waals surface area contributed by atoms with Crippen LogP contribution in [0.4, 0.5) is 5.82 Å². The van der Waals surface area contributed by atoms with E-state index in [1.807, 2.05) is 6.92 Å². The minimum absolute atomic E-state index is 0.436. The van der Waals surface area contributed by atoms with Crippen LogP contribution in [0.1, 0.15) is 5.82 Å². The van der Waals surface area contributed by atoms with Crippen molar-refractivity contribution < 1.29 is 0 Å². The molecule has 0 unspecified atom stereocenters. The zero-order chi connectivity index (χ0) is 9.97. The molecule has 2 N–H and O–H groups in total. The lowest BCUT2D eigenvalue weighted by Crippen LogP contribution is -1.97. The number of hydrogen-bond donors (Lipinski definition) is 1. The number of aromatic nitrogens is 4. The molecule has 0 fully saturated rings. The zero-order valence-electron chi connectivity index (χ0n) is 7.68. The molecule has 2 rings (SSSR count). The SMILES string of the molecule is Cc1nccc(-c2nccc(N)n2)n1. The normalized spacial score (nSPS) is 10.1. The van der Waals surface area contributed by atoms with Crippen molar-refractivity contribution in [1.29, 1.82) is 0 Å². The van der Waals surface area contributed by atoms with Gasteiger partial charge in [0.15, 0.2) is 5.82 Å². The lowest BCUT2D eigenvalue weighted by molar-refractivity contribution is 1.03. The molecule has 5 heteroatoms. The molecule has 70 valence electrons. The van der Waals surface area contributed by atoms with Crippen molar-refractivity contribution in [3.05, 3.63) is 30.4 Å². The lowest BCUT2D eigenvalue weighted by Gasteiger charge is -1.99. The number of nitrogen functional groups attached to an aromatic ring is 1. The molecule has 0 aromatic carbocycles. The molecule has 5 nitrogen and oxygen atoms in total. The van der Waals surface area contributed by atoms with Gasteiger partial charge in [-0.2, -0.15) is 0 Å². The maximum atomic E-state index is 5.54. The highest BCUT2D eigenvalue weighted by molar-refractivity contribution is 5.50. The molecule has 2 aromatic heterocycles. The van der Waals surface area contributed by atoms with Gasteiger partial charge >= 0.3 is 0 Å². The smallest absolute Gasteiger partial charge is 0.180 e. The quantitative estimate of drug-likeness (QED) is 0.715. The fourth-order valence-electron chi connectivity index (χ4n) is 1.08. The molecule has 0 atom stereocenters. The second kappa shape index (κ2) is 3.37. The fourth-order valence-corrected chi connectivity index (χ4v) is 1.08. The van der Waals surface area contributed by atoms with Crippen LogP contribution in [0.3, 0.4) is 0 Å². The number of hydrogen-bond acceptors (Lipinski definition) is 5. The highest BCUT2D eigenvalue weighted by Gasteiger charge is 2.02.